The molecule has 1 aromatic carbocycles. The van der Waals surface area contributed by atoms with Gasteiger partial charge in [-0.05, 0) is 51.5 Å². The van der Waals surface area contributed by atoms with E-state index in [2.05, 4.69) is 15.4 Å². The highest BCUT2D eigenvalue weighted by Crippen LogP contribution is 2.25. The number of carbonyl (C=O) groups is 1. The summed E-state index contributed by atoms with van der Waals surface area (Å²) in [5, 5.41) is 8.67. The molecule has 2 heterocycles. The van der Waals surface area contributed by atoms with E-state index < -0.39 is 0 Å². The van der Waals surface area contributed by atoms with Gasteiger partial charge in [0.15, 0.2) is 5.65 Å². The summed E-state index contributed by atoms with van der Waals surface area (Å²) in [7, 11) is 0. The predicted molar refractivity (Wildman–Crippen MR) is 96.8 cm³/mol. The molecule has 1 N–H and O–H groups in total. The summed E-state index contributed by atoms with van der Waals surface area (Å²) < 4.78 is 1.82. The van der Waals surface area contributed by atoms with Crippen LogP contribution in [-0.2, 0) is 0 Å². The molecule has 0 atom stereocenters. The highest BCUT2D eigenvalue weighted by Gasteiger charge is 2.17. The minimum absolute atomic E-state index is 0.169. The van der Waals surface area contributed by atoms with Crippen LogP contribution in [0, 0.1) is 13.8 Å². The zero-order valence-corrected chi connectivity index (χ0v) is 14.8. The van der Waals surface area contributed by atoms with Gasteiger partial charge in [0.25, 0.3) is 5.91 Å². The van der Waals surface area contributed by atoms with Crippen LogP contribution in [0.2, 0.25) is 5.02 Å². The van der Waals surface area contributed by atoms with Crippen LogP contribution < -0.4 is 5.32 Å². The number of anilines is 1. The van der Waals surface area contributed by atoms with E-state index >= 15 is 0 Å². The lowest BCUT2D eigenvalue weighted by Crippen LogP contribution is -2.14. The number of aryl methyl sites for hydroxylation is 1. The van der Waals surface area contributed by atoms with Crippen LogP contribution in [0.15, 0.2) is 30.5 Å². The first kappa shape index (κ1) is 16.5. The molecule has 1 amide bonds. The second-order valence-corrected chi connectivity index (χ2v) is 6.51. The fourth-order valence-electron chi connectivity index (χ4n) is 2.64. The molecule has 5 nitrogen and oxygen atoms in total. The molecule has 124 valence electrons. The largest absolute Gasteiger partial charge is 0.322 e. The summed E-state index contributed by atoms with van der Waals surface area (Å²) in [4.78, 5) is 17.3. The number of halogens is 1. The van der Waals surface area contributed by atoms with Gasteiger partial charge in [0.05, 0.1) is 17.1 Å². The van der Waals surface area contributed by atoms with E-state index in [0.29, 0.717) is 16.3 Å². The molecule has 0 aliphatic heterocycles. The van der Waals surface area contributed by atoms with Crippen molar-refractivity contribution in [2.24, 2.45) is 0 Å². The van der Waals surface area contributed by atoms with Crippen LogP contribution in [0.4, 0.5) is 5.69 Å². The fourth-order valence-corrected chi connectivity index (χ4v) is 2.82. The highest BCUT2D eigenvalue weighted by atomic mass is 35.5. The minimum Gasteiger partial charge on any atom is -0.322 e. The average Bonchev–Trinajstić information content (AvgIpc) is 2.94. The van der Waals surface area contributed by atoms with Gasteiger partial charge in [0.2, 0.25) is 0 Å². The number of carbonyl (C=O) groups excluding carboxylic acids is 1. The lowest BCUT2D eigenvalue weighted by atomic mass is 10.1. The molecule has 0 spiro atoms. The summed E-state index contributed by atoms with van der Waals surface area (Å²) >= 11 is 6.13. The number of nitrogens with one attached hydrogen (secondary N) is 1. The zero-order chi connectivity index (χ0) is 17.4. The topological polar surface area (TPSA) is 59.8 Å². The van der Waals surface area contributed by atoms with Crippen molar-refractivity contribution in [1.82, 2.24) is 14.8 Å². The molecule has 0 fully saturated rings. The number of benzene rings is 1. The van der Waals surface area contributed by atoms with Crippen molar-refractivity contribution in [1.29, 1.82) is 0 Å². The Balaban J connectivity index is 2.05. The minimum atomic E-state index is -0.195. The Morgan fingerprint density at radius 3 is 2.75 bits per heavy atom. The smallest absolute Gasteiger partial charge is 0.256 e. The van der Waals surface area contributed by atoms with E-state index in [9.17, 15) is 4.79 Å². The Bertz CT molecular complexity index is 930. The normalized spacial score (nSPS) is 11.2. The molecule has 0 radical (unpaired) electrons. The van der Waals surface area contributed by atoms with E-state index in [1.54, 1.807) is 18.3 Å². The number of aromatic nitrogens is 3. The fraction of sp³-hybridized carbons (Fsp3) is 0.278. The molecule has 0 aliphatic rings. The molecular weight excluding hydrogens is 324 g/mol. The SMILES string of the molecule is Cc1cc(C(=O)Nc2cccc(Cl)c2C)c2cnn(C(C)C)c2n1. The number of pyridine rings is 1. The quantitative estimate of drug-likeness (QED) is 0.760. The maximum atomic E-state index is 12.8. The Hall–Kier alpha value is -2.40. The first-order valence-corrected chi connectivity index (χ1v) is 8.17. The Labute approximate surface area is 145 Å². The van der Waals surface area contributed by atoms with E-state index in [-0.39, 0.29) is 11.9 Å². The van der Waals surface area contributed by atoms with E-state index in [4.69, 9.17) is 11.6 Å². The van der Waals surface area contributed by atoms with Crippen molar-refractivity contribution in [2.75, 3.05) is 5.32 Å². The Kier molecular flexibility index (Phi) is 4.28. The first-order valence-electron chi connectivity index (χ1n) is 7.80. The van der Waals surface area contributed by atoms with Crippen molar-refractivity contribution in [3.8, 4) is 0 Å². The molecule has 0 bridgehead atoms. The van der Waals surface area contributed by atoms with Crippen molar-refractivity contribution >= 4 is 34.2 Å². The van der Waals surface area contributed by atoms with Crippen LogP contribution in [0.5, 0.6) is 0 Å². The molecule has 0 saturated heterocycles. The molecule has 3 rings (SSSR count). The zero-order valence-electron chi connectivity index (χ0n) is 14.1. The Morgan fingerprint density at radius 2 is 2.04 bits per heavy atom. The van der Waals surface area contributed by atoms with Crippen LogP contribution >= 0.6 is 11.6 Å². The van der Waals surface area contributed by atoms with Gasteiger partial charge >= 0.3 is 0 Å². The molecule has 2 aromatic heterocycles. The number of hydrogen-bond acceptors (Lipinski definition) is 3. The summed E-state index contributed by atoms with van der Waals surface area (Å²) in [5.41, 5.74) is 3.60. The summed E-state index contributed by atoms with van der Waals surface area (Å²) in [6.07, 6.45) is 1.70. The number of nitrogens with zero attached hydrogens (tertiary/aromatic N) is 3. The van der Waals surface area contributed by atoms with Crippen LogP contribution in [-0.4, -0.2) is 20.7 Å². The number of rotatable bonds is 3. The second kappa shape index (κ2) is 6.24. The molecule has 0 saturated carbocycles. The van der Waals surface area contributed by atoms with Crippen LogP contribution in [0.1, 0.15) is 41.5 Å². The first-order chi connectivity index (χ1) is 11.4. The van der Waals surface area contributed by atoms with Gasteiger partial charge in [-0.1, -0.05) is 17.7 Å². The van der Waals surface area contributed by atoms with Crippen molar-refractivity contribution in [2.45, 2.75) is 33.7 Å². The second-order valence-electron chi connectivity index (χ2n) is 6.10. The third-order valence-electron chi connectivity index (χ3n) is 3.94. The standard InChI is InChI=1S/C18H19ClN4O/c1-10(2)23-17-14(9-20-23)13(8-11(3)21-17)18(24)22-16-7-5-6-15(19)12(16)4/h5-10H,1-4H3,(H,22,24). The van der Waals surface area contributed by atoms with Crippen LogP contribution in [0.25, 0.3) is 11.0 Å². The van der Waals surface area contributed by atoms with Gasteiger partial charge < -0.3 is 5.32 Å². The van der Waals surface area contributed by atoms with Crippen molar-refractivity contribution in [3.63, 3.8) is 0 Å². The van der Waals surface area contributed by atoms with E-state index in [1.807, 2.05) is 44.5 Å². The van der Waals surface area contributed by atoms with E-state index in [0.717, 1.165) is 22.3 Å². The molecular formula is C18H19ClN4O. The highest BCUT2D eigenvalue weighted by molar-refractivity contribution is 6.31. The monoisotopic (exact) mass is 342 g/mol. The molecule has 0 aliphatic carbocycles. The van der Waals surface area contributed by atoms with Crippen molar-refractivity contribution < 1.29 is 4.79 Å². The van der Waals surface area contributed by atoms with Gasteiger partial charge in [-0.25, -0.2) is 9.67 Å². The third kappa shape index (κ3) is 2.87. The number of amides is 1. The van der Waals surface area contributed by atoms with Gasteiger partial charge in [-0.3, -0.25) is 4.79 Å². The average molecular weight is 343 g/mol. The lowest BCUT2D eigenvalue weighted by Gasteiger charge is -2.11. The number of fused-ring (bicyclic) bond motifs is 1. The predicted octanol–water partition coefficient (Wildman–Crippen LogP) is 4.53. The summed E-state index contributed by atoms with van der Waals surface area (Å²) in [6, 6.07) is 7.40. The maximum absolute atomic E-state index is 12.8. The maximum Gasteiger partial charge on any atom is 0.256 e. The molecule has 6 heteroatoms. The summed E-state index contributed by atoms with van der Waals surface area (Å²) in [5.74, 6) is -0.195. The van der Waals surface area contributed by atoms with Gasteiger partial charge in [-0.2, -0.15) is 5.10 Å². The molecule has 24 heavy (non-hydrogen) atoms. The Morgan fingerprint density at radius 1 is 1.29 bits per heavy atom. The van der Waals surface area contributed by atoms with Gasteiger partial charge in [0, 0.05) is 22.4 Å². The van der Waals surface area contributed by atoms with Gasteiger partial charge in [-0.15, -0.1) is 0 Å². The van der Waals surface area contributed by atoms with E-state index in [1.165, 1.54) is 0 Å². The number of hydrogen-bond donors (Lipinski definition) is 1. The van der Waals surface area contributed by atoms with Gasteiger partial charge in [0.1, 0.15) is 0 Å². The van der Waals surface area contributed by atoms with Crippen LogP contribution in [0.3, 0.4) is 0 Å². The molecule has 0 unspecified atom stereocenters. The molecule has 3 aromatic rings. The lowest BCUT2D eigenvalue weighted by molar-refractivity contribution is 0.102. The van der Waals surface area contributed by atoms with Crippen molar-refractivity contribution in [3.05, 3.63) is 52.3 Å². The summed E-state index contributed by atoms with van der Waals surface area (Å²) in [6.45, 7) is 7.82. The third-order valence-corrected chi connectivity index (χ3v) is 4.35.